The number of benzene rings is 3. The summed E-state index contributed by atoms with van der Waals surface area (Å²) in [5.74, 6) is 0. The van der Waals surface area contributed by atoms with Gasteiger partial charge in [0.2, 0.25) is 0 Å². The molecule has 0 spiro atoms. The third-order valence-corrected chi connectivity index (χ3v) is 3.92. The standard InChI is InChI=1S/C20H20/c1-3-9-15-17-11-5-7-13-19(17)16(10-4-2)20-14-8-6-12-18(15)20/h3,5-9,11-14H,4,10H2,1-2H3. The molecular formula is C20H20. The highest BCUT2D eigenvalue weighted by Crippen LogP contribution is 2.34. The summed E-state index contributed by atoms with van der Waals surface area (Å²) in [6.07, 6.45) is 6.68. The van der Waals surface area contributed by atoms with Crippen LogP contribution in [0.5, 0.6) is 0 Å². The van der Waals surface area contributed by atoms with Gasteiger partial charge >= 0.3 is 0 Å². The maximum atomic E-state index is 2.26. The Morgan fingerprint density at radius 3 is 1.75 bits per heavy atom. The first-order chi connectivity index (χ1) is 9.86. The monoisotopic (exact) mass is 260 g/mol. The first-order valence-electron chi connectivity index (χ1n) is 7.41. The predicted molar refractivity (Wildman–Crippen MR) is 90.2 cm³/mol. The van der Waals surface area contributed by atoms with E-state index in [0.29, 0.717) is 0 Å². The Balaban J connectivity index is 2.54. The van der Waals surface area contributed by atoms with Crippen molar-refractivity contribution in [2.45, 2.75) is 26.7 Å². The van der Waals surface area contributed by atoms with E-state index in [1.54, 1.807) is 0 Å². The highest BCUT2D eigenvalue weighted by molar-refractivity contribution is 6.09. The Morgan fingerprint density at radius 2 is 1.30 bits per heavy atom. The van der Waals surface area contributed by atoms with Crippen LogP contribution in [0.1, 0.15) is 31.4 Å². The van der Waals surface area contributed by atoms with Crippen LogP contribution >= 0.6 is 0 Å². The molecule has 20 heavy (non-hydrogen) atoms. The molecule has 0 radical (unpaired) electrons. The molecule has 0 aliphatic carbocycles. The van der Waals surface area contributed by atoms with Crippen molar-refractivity contribution in [1.82, 2.24) is 0 Å². The number of allylic oxidation sites excluding steroid dienone is 1. The van der Waals surface area contributed by atoms with E-state index in [1.165, 1.54) is 39.1 Å². The molecule has 100 valence electrons. The van der Waals surface area contributed by atoms with Crippen LogP contribution in [-0.4, -0.2) is 0 Å². The highest BCUT2D eigenvalue weighted by atomic mass is 14.1. The van der Waals surface area contributed by atoms with Crippen molar-refractivity contribution in [2.75, 3.05) is 0 Å². The number of rotatable bonds is 3. The molecule has 0 fully saturated rings. The van der Waals surface area contributed by atoms with Gasteiger partial charge in [-0.15, -0.1) is 0 Å². The van der Waals surface area contributed by atoms with E-state index < -0.39 is 0 Å². The fourth-order valence-corrected chi connectivity index (χ4v) is 3.12. The number of aryl methyl sites for hydroxylation is 1. The molecule has 0 bridgehead atoms. The van der Waals surface area contributed by atoms with Crippen LogP contribution in [0.15, 0.2) is 54.6 Å². The van der Waals surface area contributed by atoms with Gasteiger partial charge in [0.05, 0.1) is 0 Å². The van der Waals surface area contributed by atoms with E-state index in [0.717, 1.165) is 6.42 Å². The van der Waals surface area contributed by atoms with Crippen LogP contribution in [0.3, 0.4) is 0 Å². The van der Waals surface area contributed by atoms with Crippen molar-refractivity contribution >= 4 is 27.6 Å². The van der Waals surface area contributed by atoms with Gasteiger partial charge in [-0.3, -0.25) is 0 Å². The summed E-state index contributed by atoms with van der Waals surface area (Å²) in [6.45, 7) is 4.34. The Labute approximate surface area is 120 Å². The van der Waals surface area contributed by atoms with Gasteiger partial charge in [-0.05, 0) is 46.0 Å². The predicted octanol–water partition coefficient (Wildman–Crippen LogP) is 5.98. The highest BCUT2D eigenvalue weighted by Gasteiger charge is 2.10. The molecule has 0 atom stereocenters. The summed E-state index contributed by atoms with van der Waals surface area (Å²) in [7, 11) is 0. The Morgan fingerprint density at radius 1 is 0.800 bits per heavy atom. The quantitative estimate of drug-likeness (QED) is 0.508. The van der Waals surface area contributed by atoms with Crippen LogP contribution in [0.4, 0.5) is 0 Å². The van der Waals surface area contributed by atoms with Crippen molar-refractivity contribution in [2.24, 2.45) is 0 Å². The molecular weight excluding hydrogens is 240 g/mol. The van der Waals surface area contributed by atoms with E-state index >= 15 is 0 Å². The molecule has 0 amide bonds. The molecule has 0 aliphatic heterocycles. The summed E-state index contributed by atoms with van der Waals surface area (Å²) in [5, 5.41) is 5.54. The van der Waals surface area contributed by atoms with Gasteiger partial charge in [0.25, 0.3) is 0 Å². The van der Waals surface area contributed by atoms with Gasteiger partial charge in [-0.1, -0.05) is 74.0 Å². The van der Waals surface area contributed by atoms with Crippen molar-refractivity contribution in [3.8, 4) is 0 Å². The lowest BCUT2D eigenvalue weighted by atomic mass is 9.90. The lowest BCUT2D eigenvalue weighted by Crippen LogP contribution is -1.92. The largest absolute Gasteiger partial charge is 0.0870 e. The first kappa shape index (κ1) is 12.9. The molecule has 0 heterocycles. The molecule has 3 aromatic rings. The van der Waals surface area contributed by atoms with Crippen LogP contribution in [0.2, 0.25) is 0 Å². The zero-order chi connectivity index (χ0) is 13.9. The van der Waals surface area contributed by atoms with E-state index in [-0.39, 0.29) is 0 Å². The molecule has 3 aromatic carbocycles. The summed E-state index contributed by atoms with van der Waals surface area (Å²) in [4.78, 5) is 0. The summed E-state index contributed by atoms with van der Waals surface area (Å²) in [6, 6.07) is 17.6. The molecule has 0 aliphatic rings. The molecule has 0 nitrogen and oxygen atoms in total. The van der Waals surface area contributed by atoms with E-state index in [2.05, 4.69) is 74.5 Å². The summed E-state index contributed by atoms with van der Waals surface area (Å²) >= 11 is 0. The Hall–Kier alpha value is -2.08. The zero-order valence-corrected chi connectivity index (χ0v) is 12.2. The average molecular weight is 260 g/mol. The molecule has 0 heteroatoms. The lowest BCUT2D eigenvalue weighted by Gasteiger charge is -2.14. The summed E-state index contributed by atoms with van der Waals surface area (Å²) in [5.41, 5.74) is 2.84. The average Bonchev–Trinajstić information content (AvgIpc) is 2.50. The van der Waals surface area contributed by atoms with E-state index in [9.17, 15) is 0 Å². The topological polar surface area (TPSA) is 0 Å². The van der Waals surface area contributed by atoms with Crippen LogP contribution < -0.4 is 0 Å². The second-order valence-corrected chi connectivity index (χ2v) is 5.23. The molecule has 3 rings (SSSR count). The van der Waals surface area contributed by atoms with Gasteiger partial charge < -0.3 is 0 Å². The van der Waals surface area contributed by atoms with Crippen molar-refractivity contribution < 1.29 is 0 Å². The van der Waals surface area contributed by atoms with Crippen LogP contribution in [0, 0.1) is 0 Å². The minimum atomic E-state index is 1.14. The van der Waals surface area contributed by atoms with Crippen LogP contribution in [-0.2, 0) is 6.42 Å². The van der Waals surface area contributed by atoms with Crippen molar-refractivity contribution in [1.29, 1.82) is 0 Å². The first-order valence-corrected chi connectivity index (χ1v) is 7.41. The third kappa shape index (κ3) is 2.02. The molecule has 0 saturated heterocycles. The van der Waals surface area contributed by atoms with Gasteiger partial charge in [-0.2, -0.15) is 0 Å². The molecule has 0 unspecified atom stereocenters. The second kappa shape index (κ2) is 5.50. The lowest BCUT2D eigenvalue weighted by molar-refractivity contribution is 0.936. The number of hydrogen-bond donors (Lipinski definition) is 0. The Kier molecular flexibility index (Phi) is 3.56. The minimum absolute atomic E-state index is 1.14. The second-order valence-electron chi connectivity index (χ2n) is 5.23. The zero-order valence-electron chi connectivity index (χ0n) is 12.2. The minimum Gasteiger partial charge on any atom is -0.0870 e. The fraction of sp³-hybridized carbons (Fsp3) is 0.200. The van der Waals surface area contributed by atoms with Gasteiger partial charge in [0.15, 0.2) is 0 Å². The number of fused-ring (bicyclic) bond motifs is 2. The normalized spacial score (nSPS) is 11.7. The van der Waals surface area contributed by atoms with E-state index in [1.807, 2.05) is 0 Å². The Bertz CT molecular complexity index is 721. The van der Waals surface area contributed by atoms with Crippen molar-refractivity contribution in [3.05, 3.63) is 65.7 Å². The van der Waals surface area contributed by atoms with Crippen molar-refractivity contribution in [3.63, 3.8) is 0 Å². The van der Waals surface area contributed by atoms with Gasteiger partial charge in [0.1, 0.15) is 0 Å². The van der Waals surface area contributed by atoms with E-state index in [4.69, 9.17) is 0 Å². The van der Waals surface area contributed by atoms with Gasteiger partial charge in [0, 0.05) is 0 Å². The molecule has 0 saturated carbocycles. The maximum absolute atomic E-state index is 2.26. The third-order valence-electron chi connectivity index (χ3n) is 3.92. The number of hydrogen-bond acceptors (Lipinski definition) is 0. The summed E-state index contributed by atoms with van der Waals surface area (Å²) < 4.78 is 0. The van der Waals surface area contributed by atoms with Gasteiger partial charge in [-0.25, -0.2) is 0 Å². The SMILES string of the molecule is CC=Cc1c2ccccc2c(CCC)c2ccccc12. The molecule has 0 aromatic heterocycles. The smallest absolute Gasteiger partial charge is 0.0102 e. The fourth-order valence-electron chi connectivity index (χ4n) is 3.12. The molecule has 0 N–H and O–H groups in total. The maximum Gasteiger partial charge on any atom is -0.0102 e. The van der Waals surface area contributed by atoms with Crippen LogP contribution in [0.25, 0.3) is 27.6 Å².